The van der Waals surface area contributed by atoms with Gasteiger partial charge in [0.15, 0.2) is 0 Å². The van der Waals surface area contributed by atoms with E-state index in [0.717, 1.165) is 24.8 Å². The summed E-state index contributed by atoms with van der Waals surface area (Å²) in [6.45, 7) is 13.5. The van der Waals surface area contributed by atoms with Crippen molar-refractivity contribution in [3.8, 4) is 0 Å². The highest BCUT2D eigenvalue weighted by molar-refractivity contribution is 5.93. The molecular formula is C22H32O4. The van der Waals surface area contributed by atoms with Crippen molar-refractivity contribution >= 4 is 5.97 Å². The van der Waals surface area contributed by atoms with E-state index >= 15 is 0 Å². The number of allylic oxidation sites excluding steroid dienone is 1. The van der Waals surface area contributed by atoms with Gasteiger partial charge >= 0.3 is 5.97 Å². The zero-order valence-corrected chi connectivity index (χ0v) is 16.5. The van der Waals surface area contributed by atoms with Gasteiger partial charge in [0.2, 0.25) is 6.29 Å². The standard InChI is InChI=1S/C22H32O4/c1-6-25-18-13-15(20(24)26-18)8-9-16-14(2)12-17(23)19-21(3,4)10-7-11-22(16,19)5/h8-9,13,16-19,23H,2,6-7,10-12H2,1,3-5H3/b9-8+/t16-,17+,18+,19-,22+/m0/s1. The van der Waals surface area contributed by atoms with Crippen LogP contribution < -0.4 is 0 Å². The first kappa shape index (κ1) is 19.4. The van der Waals surface area contributed by atoms with E-state index < -0.39 is 6.29 Å². The number of fused-ring (bicyclic) bond motifs is 1. The predicted molar refractivity (Wildman–Crippen MR) is 101 cm³/mol. The van der Waals surface area contributed by atoms with Crippen LogP contribution in [0, 0.1) is 22.7 Å². The summed E-state index contributed by atoms with van der Waals surface area (Å²) >= 11 is 0. The first-order valence-corrected chi connectivity index (χ1v) is 9.77. The highest BCUT2D eigenvalue weighted by Crippen LogP contribution is 2.61. The van der Waals surface area contributed by atoms with Crippen LogP contribution in [0.15, 0.2) is 36.0 Å². The number of hydrogen-bond acceptors (Lipinski definition) is 4. The van der Waals surface area contributed by atoms with E-state index in [9.17, 15) is 9.90 Å². The third-order valence-corrected chi connectivity index (χ3v) is 6.67. The average molecular weight is 360 g/mol. The Morgan fingerprint density at radius 2 is 2.12 bits per heavy atom. The third kappa shape index (κ3) is 3.29. The van der Waals surface area contributed by atoms with Gasteiger partial charge < -0.3 is 14.6 Å². The number of aliphatic hydroxyl groups excluding tert-OH is 1. The monoisotopic (exact) mass is 360 g/mol. The summed E-state index contributed by atoms with van der Waals surface area (Å²) < 4.78 is 10.6. The van der Waals surface area contributed by atoms with Crippen LogP contribution in [-0.2, 0) is 14.3 Å². The van der Waals surface area contributed by atoms with Crippen LogP contribution in [0.1, 0.15) is 53.4 Å². The second kappa shape index (κ2) is 6.97. The Hall–Kier alpha value is -1.39. The average Bonchev–Trinajstić information content (AvgIpc) is 2.85. The van der Waals surface area contributed by atoms with Crippen LogP contribution >= 0.6 is 0 Å². The van der Waals surface area contributed by atoms with E-state index in [4.69, 9.17) is 9.47 Å². The second-order valence-electron chi connectivity index (χ2n) is 8.94. The third-order valence-electron chi connectivity index (χ3n) is 6.67. The number of ether oxygens (including phenoxy) is 2. The smallest absolute Gasteiger partial charge is 0.340 e. The minimum Gasteiger partial charge on any atom is -0.428 e. The Bertz CT molecular complexity index is 645. The molecular weight excluding hydrogens is 328 g/mol. The molecule has 26 heavy (non-hydrogen) atoms. The normalized spacial score (nSPS) is 39.7. The van der Waals surface area contributed by atoms with Gasteiger partial charge in [-0.2, -0.15) is 0 Å². The van der Waals surface area contributed by atoms with Crippen molar-refractivity contribution in [2.24, 2.45) is 22.7 Å². The fraction of sp³-hybridized carbons (Fsp3) is 0.682. The number of cyclic esters (lactones) is 1. The van der Waals surface area contributed by atoms with Crippen molar-refractivity contribution in [1.29, 1.82) is 0 Å². The summed E-state index contributed by atoms with van der Waals surface area (Å²) in [5, 5.41) is 10.8. The first-order valence-electron chi connectivity index (χ1n) is 9.77. The van der Waals surface area contributed by atoms with Gasteiger partial charge in [0.05, 0.1) is 11.7 Å². The van der Waals surface area contributed by atoms with Gasteiger partial charge in [0, 0.05) is 12.5 Å². The van der Waals surface area contributed by atoms with Crippen molar-refractivity contribution in [1.82, 2.24) is 0 Å². The van der Waals surface area contributed by atoms with Crippen molar-refractivity contribution in [2.75, 3.05) is 6.61 Å². The Morgan fingerprint density at radius 1 is 1.38 bits per heavy atom. The van der Waals surface area contributed by atoms with Crippen molar-refractivity contribution < 1.29 is 19.4 Å². The minimum atomic E-state index is -0.583. The number of hydrogen-bond donors (Lipinski definition) is 1. The summed E-state index contributed by atoms with van der Waals surface area (Å²) in [5.74, 6) is 0.0340. The second-order valence-corrected chi connectivity index (χ2v) is 8.94. The summed E-state index contributed by atoms with van der Waals surface area (Å²) in [6, 6.07) is 0. The van der Waals surface area contributed by atoms with Gasteiger partial charge in [0.1, 0.15) is 0 Å². The van der Waals surface area contributed by atoms with Crippen LogP contribution in [0.25, 0.3) is 0 Å². The lowest BCUT2D eigenvalue weighted by atomic mass is 9.47. The molecule has 5 atom stereocenters. The fourth-order valence-electron chi connectivity index (χ4n) is 5.77. The molecule has 3 aliphatic rings. The molecule has 1 N–H and O–H groups in total. The van der Waals surface area contributed by atoms with E-state index in [1.165, 1.54) is 0 Å². The fourth-order valence-corrected chi connectivity index (χ4v) is 5.77. The number of esters is 1. The molecule has 0 unspecified atom stereocenters. The number of aliphatic hydroxyl groups is 1. The molecule has 1 aliphatic heterocycles. The maximum absolute atomic E-state index is 12.0. The molecule has 4 heteroatoms. The Morgan fingerprint density at radius 3 is 2.81 bits per heavy atom. The molecule has 0 aromatic heterocycles. The lowest BCUT2D eigenvalue weighted by molar-refractivity contribution is -0.157. The molecule has 0 amide bonds. The molecule has 2 fully saturated rings. The van der Waals surface area contributed by atoms with Crippen LogP contribution in [0.5, 0.6) is 0 Å². The molecule has 0 spiro atoms. The van der Waals surface area contributed by atoms with Crippen LogP contribution in [0.4, 0.5) is 0 Å². The molecule has 4 nitrogen and oxygen atoms in total. The maximum atomic E-state index is 12.0. The van der Waals surface area contributed by atoms with Crippen LogP contribution in [0.2, 0.25) is 0 Å². The van der Waals surface area contributed by atoms with E-state index in [2.05, 4.69) is 33.4 Å². The molecule has 2 aliphatic carbocycles. The van der Waals surface area contributed by atoms with Gasteiger partial charge in [-0.1, -0.05) is 51.5 Å². The lowest BCUT2D eigenvalue weighted by Crippen LogP contribution is -2.55. The Labute approximate surface area is 156 Å². The topological polar surface area (TPSA) is 55.8 Å². The molecule has 0 aromatic carbocycles. The predicted octanol–water partition coefficient (Wildman–Crippen LogP) is 4.16. The molecule has 3 rings (SSSR count). The van der Waals surface area contributed by atoms with Crippen LogP contribution in [0.3, 0.4) is 0 Å². The summed E-state index contributed by atoms with van der Waals surface area (Å²) in [6.07, 6.45) is 8.75. The number of carbonyl (C=O) groups is 1. The van der Waals surface area contributed by atoms with E-state index in [1.807, 2.05) is 13.0 Å². The molecule has 144 valence electrons. The molecule has 1 heterocycles. The SMILES string of the molecule is C=C1C[C@@H](O)[C@H]2C(C)(C)CCC[C@]2(C)[C@H]1/C=C/C1=C[C@H](OCC)OC1=O. The largest absolute Gasteiger partial charge is 0.428 e. The molecule has 2 saturated carbocycles. The number of rotatable bonds is 4. The number of carbonyl (C=O) groups excluding carboxylic acids is 1. The van der Waals surface area contributed by atoms with Crippen molar-refractivity contribution in [3.05, 3.63) is 36.0 Å². The van der Waals surface area contributed by atoms with E-state index in [1.54, 1.807) is 6.08 Å². The Kier molecular flexibility index (Phi) is 5.19. The summed E-state index contributed by atoms with van der Waals surface area (Å²) in [5.41, 5.74) is 1.65. The summed E-state index contributed by atoms with van der Waals surface area (Å²) in [4.78, 5) is 12.0. The van der Waals surface area contributed by atoms with Gasteiger partial charge in [0.25, 0.3) is 0 Å². The van der Waals surface area contributed by atoms with Gasteiger partial charge in [-0.3, -0.25) is 0 Å². The molecule has 0 saturated heterocycles. The van der Waals surface area contributed by atoms with Crippen LogP contribution in [-0.4, -0.2) is 30.1 Å². The van der Waals surface area contributed by atoms with Gasteiger partial charge in [-0.15, -0.1) is 0 Å². The van der Waals surface area contributed by atoms with E-state index in [-0.39, 0.29) is 34.7 Å². The zero-order valence-electron chi connectivity index (χ0n) is 16.5. The van der Waals surface area contributed by atoms with Gasteiger partial charge in [-0.05, 0) is 49.0 Å². The van der Waals surface area contributed by atoms with Gasteiger partial charge in [-0.25, -0.2) is 4.79 Å². The first-order chi connectivity index (χ1) is 12.2. The minimum absolute atomic E-state index is 0.0462. The quantitative estimate of drug-likeness (QED) is 0.604. The summed E-state index contributed by atoms with van der Waals surface area (Å²) in [7, 11) is 0. The Balaban J connectivity index is 1.87. The maximum Gasteiger partial charge on any atom is 0.340 e. The highest BCUT2D eigenvalue weighted by atomic mass is 16.7. The molecule has 0 aromatic rings. The molecule has 0 radical (unpaired) electrons. The lowest BCUT2D eigenvalue weighted by Gasteiger charge is -2.59. The van der Waals surface area contributed by atoms with Crippen molar-refractivity contribution in [2.45, 2.75) is 65.8 Å². The van der Waals surface area contributed by atoms with E-state index in [0.29, 0.717) is 18.6 Å². The highest BCUT2D eigenvalue weighted by Gasteiger charge is 2.55. The molecule has 0 bridgehead atoms. The zero-order chi connectivity index (χ0) is 19.1. The van der Waals surface area contributed by atoms with Crippen molar-refractivity contribution in [3.63, 3.8) is 0 Å².